The van der Waals surface area contributed by atoms with E-state index in [1.54, 1.807) is 0 Å². The Bertz CT molecular complexity index is 433. The molecule has 3 nitrogen and oxygen atoms in total. The zero-order valence-corrected chi connectivity index (χ0v) is 12.0. The van der Waals surface area contributed by atoms with Crippen LogP contribution in [-0.2, 0) is 4.79 Å². The molecular formula is C12H17Cl2FN2O. The van der Waals surface area contributed by atoms with Crippen molar-refractivity contribution in [2.24, 2.45) is 11.1 Å². The maximum absolute atomic E-state index is 13.2. The number of hydrogen-bond donors (Lipinski definition) is 2. The van der Waals surface area contributed by atoms with E-state index in [4.69, 9.17) is 17.3 Å². The Morgan fingerprint density at radius 1 is 1.44 bits per heavy atom. The third-order valence-electron chi connectivity index (χ3n) is 2.40. The van der Waals surface area contributed by atoms with Gasteiger partial charge in [0, 0.05) is 5.69 Å². The number of carbonyl (C=O) groups excluding carboxylic acids is 1. The summed E-state index contributed by atoms with van der Waals surface area (Å²) in [6.07, 6.45) is 0. The molecule has 0 aromatic heterocycles. The average molecular weight is 295 g/mol. The Morgan fingerprint density at radius 2 is 2.00 bits per heavy atom. The molecule has 0 aliphatic carbocycles. The number of carbonyl (C=O) groups is 1. The van der Waals surface area contributed by atoms with Gasteiger partial charge in [0.1, 0.15) is 5.82 Å². The third kappa shape index (κ3) is 4.44. The van der Waals surface area contributed by atoms with Crippen LogP contribution in [0.3, 0.4) is 0 Å². The van der Waals surface area contributed by atoms with Gasteiger partial charge < -0.3 is 11.1 Å². The highest BCUT2D eigenvalue weighted by atomic mass is 35.5. The van der Waals surface area contributed by atoms with Gasteiger partial charge in [0.2, 0.25) is 5.91 Å². The molecule has 0 radical (unpaired) electrons. The largest absolute Gasteiger partial charge is 0.325 e. The molecule has 0 fully saturated rings. The van der Waals surface area contributed by atoms with Gasteiger partial charge in [-0.2, -0.15) is 0 Å². The number of rotatable bonds is 2. The van der Waals surface area contributed by atoms with E-state index in [9.17, 15) is 9.18 Å². The number of anilines is 1. The van der Waals surface area contributed by atoms with Crippen LogP contribution >= 0.6 is 24.0 Å². The van der Waals surface area contributed by atoms with Crippen molar-refractivity contribution in [3.8, 4) is 0 Å². The zero-order chi connectivity index (χ0) is 13.2. The highest BCUT2D eigenvalue weighted by Crippen LogP contribution is 2.21. The molecular weight excluding hydrogens is 278 g/mol. The fourth-order valence-electron chi connectivity index (χ4n) is 1.19. The number of amides is 1. The van der Waals surface area contributed by atoms with Crippen molar-refractivity contribution in [3.63, 3.8) is 0 Å². The summed E-state index contributed by atoms with van der Waals surface area (Å²) in [5.74, 6) is -0.923. The molecule has 0 unspecified atom stereocenters. The standard InChI is InChI=1S/C12H16ClFN2O.ClH/c1-12(2,3)10(15)11(17)16-7-4-5-8(13)9(14)6-7;/h4-6,10H,15H2,1-3H3,(H,16,17);1H/t10-;/m1./s1. The summed E-state index contributed by atoms with van der Waals surface area (Å²) in [6, 6.07) is 3.41. The van der Waals surface area contributed by atoms with Crippen molar-refractivity contribution in [2.45, 2.75) is 26.8 Å². The fourth-order valence-corrected chi connectivity index (χ4v) is 1.30. The van der Waals surface area contributed by atoms with Crippen LogP contribution in [0.4, 0.5) is 10.1 Å². The Labute approximate surface area is 117 Å². The van der Waals surface area contributed by atoms with Gasteiger partial charge in [-0.3, -0.25) is 4.79 Å². The Kier molecular flexibility index (Phi) is 6.07. The highest BCUT2D eigenvalue weighted by Gasteiger charge is 2.27. The molecule has 102 valence electrons. The van der Waals surface area contributed by atoms with Crippen molar-refractivity contribution in [3.05, 3.63) is 29.0 Å². The fraction of sp³-hybridized carbons (Fsp3) is 0.417. The summed E-state index contributed by atoms with van der Waals surface area (Å²) in [5, 5.41) is 2.57. The monoisotopic (exact) mass is 294 g/mol. The summed E-state index contributed by atoms with van der Waals surface area (Å²) >= 11 is 5.54. The molecule has 1 aromatic carbocycles. The van der Waals surface area contributed by atoms with Gasteiger partial charge in [0.15, 0.2) is 0 Å². The zero-order valence-electron chi connectivity index (χ0n) is 10.5. The lowest BCUT2D eigenvalue weighted by molar-refractivity contribution is -0.119. The molecule has 1 atom stereocenters. The van der Waals surface area contributed by atoms with E-state index >= 15 is 0 Å². The van der Waals surface area contributed by atoms with Crippen LogP contribution < -0.4 is 11.1 Å². The topological polar surface area (TPSA) is 55.1 Å². The van der Waals surface area contributed by atoms with Crippen LogP contribution in [0.1, 0.15) is 20.8 Å². The Hall–Kier alpha value is -0.840. The summed E-state index contributed by atoms with van der Waals surface area (Å²) in [4.78, 5) is 11.8. The number of hydrogen-bond acceptors (Lipinski definition) is 2. The van der Waals surface area contributed by atoms with Crippen molar-refractivity contribution in [2.75, 3.05) is 5.32 Å². The van der Waals surface area contributed by atoms with Gasteiger partial charge in [0.25, 0.3) is 0 Å². The molecule has 0 heterocycles. The summed E-state index contributed by atoms with van der Waals surface area (Å²) < 4.78 is 13.2. The molecule has 1 amide bonds. The first-order valence-corrected chi connectivity index (χ1v) is 5.61. The third-order valence-corrected chi connectivity index (χ3v) is 2.71. The summed E-state index contributed by atoms with van der Waals surface area (Å²) in [5.41, 5.74) is 5.77. The second-order valence-corrected chi connectivity index (χ2v) is 5.37. The first-order chi connectivity index (χ1) is 7.71. The normalized spacial score (nSPS) is 12.6. The molecule has 0 aliphatic rings. The minimum atomic E-state index is -0.666. The van der Waals surface area contributed by atoms with Crippen LogP contribution in [0.5, 0.6) is 0 Å². The van der Waals surface area contributed by atoms with E-state index in [1.165, 1.54) is 12.1 Å². The molecule has 6 heteroatoms. The number of halogens is 3. The van der Waals surface area contributed by atoms with E-state index in [2.05, 4.69) is 5.32 Å². The van der Waals surface area contributed by atoms with E-state index in [0.717, 1.165) is 6.07 Å². The van der Waals surface area contributed by atoms with Crippen LogP contribution in [0.15, 0.2) is 18.2 Å². The smallest absolute Gasteiger partial charge is 0.241 e. The van der Waals surface area contributed by atoms with E-state index < -0.39 is 11.9 Å². The number of nitrogens with one attached hydrogen (secondary N) is 1. The molecule has 0 spiro atoms. The Morgan fingerprint density at radius 3 is 2.44 bits per heavy atom. The van der Waals surface area contributed by atoms with Crippen molar-refractivity contribution >= 4 is 35.6 Å². The van der Waals surface area contributed by atoms with Crippen molar-refractivity contribution < 1.29 is 9.18 Å². The minimum absolute atomic E-state index is 0. The molecule has 0 aliphatic heterocycles. The van der Waals surface area contributed by atoms with Gasteiger partial charge in [-0.15, -0.1) is 12.4 Å². The predicted octanol–water partition coefficient (Wildman–Crippen LogP) is 3.21. The van der Waals surface area contributed by atoms with E-state index in [-0.39, 0.29) is 28.8 Å². The second kappa shape index (κ2) is 6.36. The lowest BCUT2D eigenvalue weighted by Crippen LogP contribution is -2.45. The van der Waals surface area contributed by atoms with Crippen molar-refractivity contribution in [1.82, 2.24) is 0 Å². The predicted molar refractivity (Wildman–Crippen MR) is 74.7 cm³/mol. The maximum Gasteiger partial charge on any atom is 0.241 e. The van der Waals surface area contributed by atoms with Gasteiger partial charge in [0.05, 0.1) is 11.1 Å². The average Bonchev–Trinajstić information content (AvgIpc) is 2.21. The van der Waals surface area contributed by atoms with Crippen molar-refractivity contribution in [1.29, 1.82) is 0 Å². The molecule has 18 heavy (non-hydrogen) atoms. The quantitative estimate of drug-likeness (QED) is 0.880. The minimum Gasteiger partial charge on any atom is -0.325 e. The molecule has 0 bridgehead atoms. The Balaban J connectivity index is 0.00000289. The molecule has 1 rings (SSSR count). The van der Waals surface area contributed by atoms with Crippen LogP contribution in [0.2, 0.25) is 5.02 Å². The molecule has 1 aromatic rings. The summed E-state index contributed by atoms with van der Waals surface area (Å²) in [7, 11) is 0. The maximum atomic E-state index is 13.2. The lowest BCUT2D eigenvalue weighted by Gasteiger charge is -2.25. The first-order valence-electron chi connectivity index (χ1n) is 5.23. The SMILES string of the molecule is CC(C)(C)[C@H](N)C(=O)Nc1ccc(Cl)c(F)c1.Cl. The number of nitrogens with two attached hydrogens (primary N) is 1. The van der Waals surface area contributed by atoms with Crippen LogP contribution in [0.25, 0.3) is 0 Å². The van der Waals surface area contributed by atoms with Crippen LogP contribution in [0, 0.1) is 11.2 Å². The highest BCUT2D eigenvalue weighted by molar-refractivity contribution is 6.30. The first kappa shape index (κ1) is 17.2. The molecule has 0 saturated heterocycles. The van der Waals surface area contributed by atoms with Gasteiger partial charge >= 0.3 is 0 Å². The molecule has 0 saturated carbocycles. The van der Waals surface area contributed by atoms with E-state index in [0.29, 0.717) is 5.69 Å². The number of benzene rings is 1. The van der Waals surface area contributed by atoms with Crippen LogP contribution in [-0.4, -0.2) is 11.9 Å². The second-order valence-electron chi connectivity index (χ2n) is 4.96. The van der Waals surface area contributed by atoms with E-state index in [1.807, 2.05) is 20.8 Å². The lowest BCUT2D eigenvalue weighted by atomic mass is 9.87. The van der Waals surface area contributed by atoms with Gasteiger partial charge in [-0.1, -0.05) is 32.4 Å². The summed E-state index contributed by atoms with van der Waals surface area (Å²) in [6.45, 7) is 5.58. The molecule has 3 N–H and O–H groups in total. The van der Waals surface area contributed by atoms with Gasteiger partial charge in [-0.05, 0) is 23.6 Å². The van der Waals surface area contributed by atoms with Gasteiger partial charge in [-0.25, -0.2) is 4.39 Å².